The predicted molar refractivity (Wildman–Crippen MR) is 530 cm³/mol. The Kier molecular flexibility index (Phi) is 46.2. The molecule has 0 spiro atoms. The van der Waals surface area contributed by atoms with E-state index in [0.717, 1.165) is 53.3 Å². The van der Waals surface area contributed by atoms with Gasteiger partial charge in [-0.2, -0.15) is 0 Å². The number of benzene rings is 9. The van der Waals surface area contributed by atoms with E-state index in [1.54, 1.807) is 108 Å². The van der Waals surface area contributed by atoms with E-state index in [2.05, 4.69) is 205 Å². The second-order valence-electron chi connectivity index (χ2n) is 40.6. The van der Waals surface area contributed by atoms with Gasteiger partial charge in [-0.15, -0.1) is 0 Å². The van der Waals surface area contributed by atoms with Gasteiger partial charge in [0.15, 0.2) is 0 Å². The zero-order valence-electron chi connectivity index (χ0n) is 80.6. The van der Waals surface area contributed by atoms with Gasteiger partial charge in [0.2, 0.25) is 0 Å². The minimum Gasteiger partial charge on any atom is -0.388 e. The molecule has 4 unspecified atom stereocenters. The Morgan fingerprint density at radius 2 is 0.423 bits per heavy atom. The van der Waals surface area contributed by atoms with Crippen LogP contribution >= 0.6 is 0 Å². The molecule has 666 valence electrons. The van der Waals surface area contributed by atoms with Gasteiger partial charge in [-0.05, 0) is 268 Å². The Labute approximate surface area is 753 Å². The van der Waals surface area contributed by atoms with E-state index in [9.17, 15) is 0 Å². The van der Waals surface area contributed by atoms with Gasteiger partial charge in [-0.3, -0.25) is 0 Å². The number of methoxy groups -OCH3 is 4. The van der Waals surface area contributed by atoms with Gasteiger partial charge in [0.05, 0.1) is 0 Å². The molecule has 4 nitrogen and oxygen atoms in total. The lowest BCUT2D eigenvalue weighted by molar-refractivity contribution is -0.120. The summed E-state index contributed by atoms with van der Waals surface area (Å²) in [6.45, 7) is 27.9. The van der Waals surface area contributed by atoms with Gasteiger partial charge in [-0.25, -0.2) is 0 Å². The van der Waals surface area contributed by atoms with E-state index in [1.807, 2.05) is 218 Å². The third kappa shape index (κ3) is 38.0. The summed E-state index contributed by atoms with van der Waals surface area (Å²) in [5.41, 5.74) is 10.7. The standard InChI is InChI=1S/C24H34.C20H24.C12H20.4C7H8.4C6H6.C3H8.4C2H6O/c1-21-8-20-9-22(2,14-21)16-24(13-20,15-21)4-3-23-10-17-5-18(11-23)7-19(6-17)12-23;1-18-10-17-11-19(2,13-18)15-20(12-17,14-18)9-8-16-6-4-3-5-7-16;1-12(2)10-4-8-3-9(6-10)7-11(12)5-8;4*1-7-5-3-2-4-6-7;4*1-2-4-6-5-3-1;5*1-3-2/h17-20H,5-16H2,1-2H3;3-7,17H,10-15H2,1-2H3;8-11H,3-7H2,1-2H3;4*2-6H,1H3;4*1-6H;3H2,1-2H3;4*1-2H3. The second-order valence-corrected chi connectivity index (χ2v) is 40.6. The van der Waals surface area contributed by atoms with Crippen molar-refractivity contribution >= 4 is 0 Å². The summed E-state index contributed by atoms with van der Waals surface area (Å²) < 4.78 is 17.0. The van der Waals surface area contributed by atoms with E-state index >= 15 is 0 Å². The summed E-state index contributed by atoms with van der Waals surface area (Å²) in [6.07, 6.45) is 35.3. The van der Waals surface area contributed by atoms with Crippen molar-refractivity contribution in [2.45, 2.75) is 237 Å². The Hall–Kier alpha value is -8.06. The van der Waals surface area contributed by atoms with Crippen LogP contribution in [0.5, 0.6) is 0 Å². The van der Waals surface area contributed by atoms with Crippen molar-refractivity contribution in [1.29, 1.82) is 0 Å². The molecule has 16 bridgehead atoms. The molecule has 9 aromatic rings. The zero-order valence-corrected chi connectivity index (χ0v) is 80.6. The van der Waals surface area contributed by atoms with Crippen molar-refractivity contribution in [3.05, 3.63) is 325 Å². The fourth-order valence-electron chi connectivity index (χ4n) is 24.5. The van der Waals surface area contributed by atoms with E-state index < -0.39 is 0 Å². The van der Waals surface area contributed by atoms with Crippen LogP contribution in [-0.2, 0) is 18.9 Å². The normalized spacial score (nSPS) is 29.1. The molecule has 25 rings (SSSR count). The molecule has 0 N–H and O–H groups in total. The van der Waals surface area contributed by atoms with Crippen LogP contribution in [0.3, 0.4) is 0 Å². The molecular weight excluding hydrogens is 1490 g/mol. The smallest absolute Gasteiger partial charge is 0.0351 e. The number of hydrogen-bond acceptors (Lipinski definition) is 4. The molecule has 0 heterocycles. The van der Waals surface area contributed by atoms with E-state index in [-0.39, 0.29) is 0 Å². The van der Waals surface area contributed by atoms with E-state index in [1.165, 1.54) is 131 Å². The first-order valence-corrected chi connectivity index (χ1v) is 46.9. The molecule has 16 saturated carbocycles. The number of hydrogen-bond donors (Lipinski definition) is 0. The topological polar surface area (TPSA) is 36.9 Å². The van der Waals surface area contributed by atoms with Crippen LogP contribution in [-0.4, -0.2) is 56.9 Å². The molecule has 16 aliphatic carbocycles. The molecule has 0 amide bonds. The first-order valence-electron chi connectivity index (χ1n) is 46.9. The Bertz CT molecular complexity index is 3740. The summed E-state index contributed by atoms with van der Waals surface area (Å²) in [6, 6.07) is 99.6. The third-order valence-corrected chi connectivity index (χ3v) is 26.8. The molecule has 0 saturated heterocycles. The lowest BCUT2D eigenvalue weighted by Crippen LogP contribution is -2.54. The molecule has 123 heavy (non-hydrogen) atoms. The lowest BCUT2D eigenvalue weighted by Gasteiger charge is -2.64. The van der Waals surface area contributed by atoms with Crippen molar-refractivity contribution in [3.63, 3.8) is 0 Å². The summed E-state index contributed by atoms with van der Waals surface area (Å²) in [5, 5.41) is 0. The van der Waals surface area contributed by atoms with Crippen molar-refractivity contribution in [2.75, 3.05) is 56.9 Å². The fourth-order valence-corrected chi connectivity index (χ4v) is 24.5. The molecular formula is C119H166O4. The molecule has 16 aliphatic rings. The third-order valence-electron chi connectivity index (χ3n) is 26.8. The van der Waals surface area contributed by atoms with Gasteiger partial charge in [0.25, 0.3) is 0 Å². The number of aryl methyl sites for hydroxylation is 4. The number of rotatable bonds is 0. The Morgan fingerprint density at radius 3 is 0.634 bits per heavy atom. The van der Waals surface area contributed by atoms with Gasteiger partial charge in [-0.1, -0.05) is 393 Å². The van der Waals surface area contributed by atoms with Crippen LogP contribution < -0.4 is 0 Å². The number of ether oxygens (including phenoxy) is 4. The van der Waals surface area contributed by atoms with Gasteiger partial charge in [0, 0.05) is 78.7 Å². The minimum atomic E-state index is 0.318. The average Bonchev–Trinajstić information content (AvgIpc) is 0.712. The van der Waals surface area contributed by atoms with Crippen LogP contribution in [0.15, 0.2) is 297 Å². The maximum atomic E-state index is 4.25. The molecule has 0 radical (unpaired) electrons. The summed E-state index contributed by atoms with van der Waals surface area (Å²) in [5.74, 6) is 24.9. The highest BCUT2D eigenvalue weighted by atomic mass is 16.5. The second kappa shape index (κ2) is 54.7. The van der Waals surface area contributed by atoms with Crippen LogP contribution in [0.1, 0.15) is 237 Å². The van der Waals surface area contributed by atoms with Crippen LogP contribution in [0.2, 0.25) is 0 Å². The highest BCUT2D eigenvalue weighted by Crippen LogP contribution is 2.71. The molecule has 4 heteroatoms. The first-order chi connectivity index (χ1) is 59.1. The summed E-state index contributed by atoms with van der Waals surface area (Å²) >= 11 is 0. The molecule has 16 fully saturated rings. The van der Waals surface area contributed by atoms with Gasteiger partial charge in [0.1, 0.15) is 0 Å². The minimum absolute atomic E-state index is 0.318. The van der Waals surface area contributed by atoms with Crippen LogP contribution in [0.25, 0.3) is 0 Å². The van der Waals surface area contributed by atoms with Gasteiger partial charge < -0.3 is 18.9 Å². The monoisotopic (exact) mass is 1660 g/mol. The van der Waals surface area contributed by atoms with E-state index in [0.29, 0.717) is 43.3 Å². The Morgan fingerprint density at radius 1 is 0.236 bits per heavy atom. The zero-order chi connectivity index (χ0) is 89.4. The lowest BCUT2D eigenvalue weighted by atomic mass is 9.40. The first kappa shape index (κ1) is 104. The quantitative estimate of drug-likeness (QED) is 0.142. The maximum Gasteiger partial charge on any atom is 0.0351 e. The largest absolute Gasteiger partial charge is 0.388 e. The highest BCUT2D eigenvalue weighted by Gasteiger charge is 2.62. The van der Waals surface area contributed by atoms with Crippen molar-refractivity contribution in [1.82, 2.24) is 0 Å². The average molecular weight is 1660 g/mol. The van der Waals surface area contributed by atoms with Crippen LogP contribution in [0.4, 0.5) is 0 Å². The highest BCUT2D eigenvalue weighted by molar-refractivity contribution is 5.37. The van der Waals surface area contributed by atoms with Crippen molar-refractivity contribution in [2.24, 2.45) is 96.6 Å². The van der Waals surface area contributed by atoms with Crippen molar-refractivity contribution < 1.29 is 18.9 Å². The van der Waals surface area contributed by atoms with Gasteiger partial charge >= 0.3 is 0 Å². The summed E-state index contributed by atoms with van der Waals surface area (Å²) in [7, 11) is 13.0. The predicted octanol–water partition coefficient (Wildman–Crippen LogP) is 31.9. The maximum absolute atomic E-state index is 4.25. The molecule has 9 aromatic carbocycles. The molecule has 4 atom stereocenters. The molecule has 0 aliphatic heterocycles. The van der Waals surface area contributed by atoms with E-state index in [4.69, 9.17) is 0 Å². The summed E-state index contributed by atoms with van der Waals surface area (Å²) in [4.78, 5) is 0. The molecule has 0 aromatic heterocycles. The van der Waals surface area contributed by atoms with Crippen molar-refractivity contribution in [3.8, 4) is 23.7 Å². The Balaban J connectivity index is 0.000000214. The van der Waals surface area contributed by atoms with Crippen LogP contribution in [0, 0.1) is 148 Å². The SMILES string of the molecule is CC1(C)C2CC3CC(C2)CC1C3.CC12CC3CC(C)(C1)CC(C#CC14CC5CC(CC(C5)C1)C4)(C3)C2.CC12CC3CC(C)(C1)CC(C#Cc1ccccc1)(C3)C2.CCC.COC.COC.COC.COC.Cc1ccccc1.Cc1ccccc1.Cc1ccccc1.Cc1ccccc1.c1ccccc1.c1ccccc1.c1ccccc1.c1ccccc1. The fraction of sp³-hybridized carbons (Fsp3) is 0.513.